The fourth-order valence-corrected chi connectivity index (χ4v) is 1.90. The third-order valence-electron chi connectivity index (χ3n) is 0.831. The van der Waals surface area contributed by atoms with Crippen molar-refractivity contribution in [3.63, 3.8) is 0 Å². The molecule has 66 valence electrons. The van der Waals surface area contributed by atoms with Crippen LogP contribution in [0.5, 0.6) is 0 Å². The van der Waals surface area contributed by atoms with Crippen molar-refractivity contribution in [1.82, 2.24) is 0 Å². The van der Waals surface area contributed by atoms with Gasteiger partial charge in [-0.25, -0.2) is 4.79 Å². The van der Waals surface area contributed by atoms with Crippen molar-refractivity contribution in [2.75, 3.05) is 0 Å². The highest BCUT2D eigenvalue weighted by Crippen LogP contribution is 2.31. The molecule has 0 saturated carbocycles. The molecule has 0 amide bonds. The second-order valence-electron chi connectivity index (χ2n) is 1.84. The molecule has 0 aliphatic rings. The van der Waals surface area contributed by atoms with Crippen LogP contribution in [0.3, 0.4) is 0 Å². The third-order valence-corrected chi connectivity index (χ3v) is 2.43. The minimum Gasteiger partial charge on any atom is -0.294 e. The molecule has 0 aliphatic heterocycles. The molecule has 6 heteroatoms. The Bertz CT molecular complexity index is 266. The van der Waals surface area contributed by atoms with E-state index < -0.39 is 3.36 Å². The number of aliphatic imine (C=N–C) groups is 1. The van der Waals surface area contributed by atoms with E-state index in [2.05, 4.69) is 52.8 Å². The number of rotatable bonds is 3. The topological polar surface area (TPSA) is 46.5 Å². The highest BCUT2D eigenvalue weighted by atomic mass is 79.9. The van der Waals surface area contributed by atoms with Gasteiger partial charge in [-0.15, -0.1) is 0 Å². The fraction of sp³-hybridized carbons (Fsp3) is 0.333. The lowest BCUT2D eigenvalue weighted by atomic mass is 10.4. The van der Waals surface area contributed by atoms with E-state index in [-0.39, 0.29) is 5.78 Å². The van der Waals surface area contributed by atoms with Crippen LogP contribution in [0.15, 0.2) is 15.6 Å². The first-order valence-electron chi connectivity index (χ1n) is 2.75. The molecular formula is C6H4Br3NO2. The van der Waals surface area contributed by atoms with Crippen LogP contribution < -0.4 is 0 Å². The molecule has 0 bridgehead atoms. The lowest BCUT2D eigenvalue weighted by Gasteiger charge is -2.06. The summed E-state index contributed by atoms with van der Waals surface area (Å²) in [6.07, 6.45) is 2.76. The summed E-state index contributed by atoms with van der Waals surface area (Å²) in [5.74, 6) is -0.153. The molecule has 0 spiro atoms. The van der Waals surface area contributed by atoms with Gasteiger partial charge in [0, 0.05) is 0 Å². The molecule has 0 fully saturated rings. The second-order valence-corrected chi connectivity index (χ2v) is 6.18. The fourth-order valence-electron chi connectivity index (χ4n) is 0.347. The number of carbonyl (C=O) groups is 1. The molecule has 12 heavy (non-hydrogen) atoms. The van der Waals surface area contributed by atoms with Crippen LogP contribution >= 0.6 is 47.8 Å². The first-order valence-corrected chi connectivity index (χ1v) is 5.13. The molecule has 0 rings (SSSR count). The number of hydrogen-bond acceptors (Lipinski definition) is 3. The Morgan fingerprint density at radius 3 is 2.42 bits per heavy atom. The second kappa shape index (κ2) is 5.07. The van der Waals surface area contributed by atoms with Crippen molar-refractivity contribution in [3.8, 4) is 0 Å². The monoisotopic (exact) mass is 359 g/mol. The lowest BCUT2D eigenvalue weighted by molar-refractivity contribution is -0.112. The molecule has 0 heterocycles. The van der Waals surface area contributed by atoms with Gasteiger partial charge in [0.15, 0.2) is 5.78 Å². The zero-order valence-electron chi connectivity index (χ0n) is 5.97. The molecule has 0 atom stereocenters. The molecule has 0 aromatic carbocycles. The van der Waals surface area contributed by atoms with E-state index in [1.807, 2.05) is 0 Å². The predicted molar refractivity (Wildman–Crippen MR) is 56.4 cm³/mol. The normalized spacial score (nSPS) is 12.2. The summed E-state index contributed by atoms with van der Waals surface area (Å²) in [4.78, 5) is 24.0. The van der Waals surface area contributed by atoms with Crippen LogP contribution in [0.25, 0.3) is 0 Å². The number of Topliss-reactive ketones (excluding diaryl/α,β-unsaturated/α-hetero) is 1. The molecule has 0 N–H and O–H groups in total. The van der Waals surface area contributed by atoms with Crippen LogP contribution in [0.1, 0.15) is 6.92 Å². The smallest absolute Gasteiger partial charge is 0.237 e. The summed E-state index contributed by atoms with van der Waals surface area (Å²) in [6.45, 7) is 1.39. The molecule has 0 aliphatic carbocycles. The summed E-state index contributed by atoms with van der Waals surface area (Å²) >= 11 is 9.09. The summed E-state index contributed by atoms with van der Waals surface area (Å²) in [5.41, 5.74) is 0. The van der Waals surface area contributed by atoms with Gasteiger partial charge in [-0.05, 0) is 60.8 Å². The van der Waals surface area contributed by atoms with Gasteiger partial charge < -0.3 is 0 Å². The third kappa shape index (κ3) is 4.98. The quantitative estimate of drug-likeness (QED) is 0.255. The van der Waals surface area contributed by atoms with Gasteiger partial charge in [0.2, 0.25) is 9.44 Å². The van der Waals surface area contributed by atoms with Crippen molar-refractivity contribution in [3.05, 3.63) is 10.6 Å². The van der Waals surface area contributed by atoms with Gasteiger partial charge in [-0.2, -0.15) is 4.99 Å². The number of nitrogens with zero attached hydrogens (tertiary/aromatic N) is 1. The number of alkyl halides is 2. The first kappa shape index (κ1) is 12.2. The number of hydrogen-bond donors (Lipinski definition) is 0. The Kier molecular flexibility index (Phi) is 5.16. The van der Waals surface area contributed by atoms with E-state index in [9.17, 15) is 9.59 Å². The minimum absolute atomic E-state index is 0.153. The predicted octanol–water partition coefficient (Wildman–Crippen LogP) is 2.63. The molecule has 3 nitrogen and oxygen atoms in total. The maximum absolute atomic E-state index is 10.7. The Morgan fingerprint density at radius 2 is 2.08 bits per heavy atom. The minimum atomic E-state index is -1.05. The number of carbonyl (C=O) groups excluding carboxylic acids is 2. The van der Waals surface area contributed by atoms with Crippen LogP contribution in [0, 0.1) is 0 Å². The molecular weight excluding hydrogens is 358 g/mol. The van der Waals surface area contributed by atoms with E-state index >= 15 is 0 Å². The Morgan fingerprint density at radius 1 is 1.58 bits per heavy atom. The Balaban J connectivity index is 4.72. The molecule has 0 radical (unpaired) electrons. The summed E-state index contributed by atoms with van der Waals surface area (Å²) in [5, 5.41) is 0. The van der Waals surface area contributed by atoms with E-state index in [0.29, 0.717) is 4.48 Å². The Hall–Kier alpha value is 0.230. The lowest BCUT2D eigenvalue weighted by Crippen LogP contribution is -2.04. The highest BCUT2D eigenvalue weighted by Gasteiger charge is 2.19. The standard InChI is InChI=1S/C6H4Br3NO2/c1-4(12)5(7)2-6(8,9)10-3-11/h2H,1H3. The Labute approximate surface area is 94.7 Å². The van der Waals surface area contributed by atoms with E-state index in [0.717, 1.165) is 0 Å². The van der Waals surface area contributed by atoms with Crippen molar-refractivity contribution in [2.45, 2.75) is 10.3 Å². The van der Waals surface area contributed by atoms with Crippen LogP contribution in [-0.4, -0.2) is 15.2 Å². The number of halogens is 3. The van der Waals surface area contributed by atoms with Crippen molar-refractivity contribution >= 4 is 59.7 Å². The summed E-state index contributed by atoms with van der Waals surface area (Å²) in [7, 11) is 0. The average Bonchev–Trinajstić information content (AvgIpc) is 1.85. The molecule has 0 unspecified atom stereocenters. The number of ketones is 1. The van der Waals surface area contributed by atoms with Gasteiger partial charge in [0.05, 0.1) is 4.48 Å². The summed E-state index contributed by atoms with van der Waals surface area (Å²) < 4.78 is -0.720. The zero-order valence-corrected chi connectivity index (χ0v) is 10.7. The number of allylic oxidation sites excluding steroid dienone is 1. The maximum Gasteiger partial charge on any atom is 0.237 e. The van der Waals surface area contributed by atoms with Gasteiger partial charge in [0.1, 0.15) is 0 Å². The van der Waals surface area contributed by atoms with Gasteiger partial charge in [0.25, 0.3) is 0 Å². The largest absolute Gasteiger partial charge is 0.294 e. The van der Waals surface area contributed by atoms with E-state index in [4.69, 9.17) is 0 Å². The average molecular weight is 362 g/mol. The highest BCUT2D eigenvalue weighted by molar-refractivity contribution is 9.25. The molecule has 0 saturated heterocycles. The van der Waals surface area contributed by atoms with Crippen molar-refractivity contribution in [1.29, 1.82) is 0 Å². The number of isocyanates is 1. The van der Waals surface area contributed by atoms with Gasteiger partial charge in [-0.1, -0.05) is 0 Å². The maximum atomic E-state index is 10.7. The SMILES string of the molecule is CC(=O)C(Br)=CC(Br)(Br)N=C=O. The first-order chi connectivity index (χ1) is 5.39. The van der Waals surface area contributed by atoms with Gasteiger partial charge in [-0.3, -0.25) is 4.79 Å². The van der Waals surface area contributed by atoms with Crippen LogP contribution in [0.4, 0.5) is 0 Å². The molecule has 0 aromatic rings. The van der Waals surface area contributed by atoms with Crippen molar-refractivity contribution in [2.24, 2.45) is 4.99 Å². The van der Waals surface area contributed by atoms with E-state index in [1.54, 1.807) is 0 Å². The van der Waals surface area contributed by atoms with Crippen molar-refractivity contribution < 1.29 is 9.59 Å². The van der Waals surface area contributed by atoms with E-state index in [1.165, 1.54) is 19.1 Å². The zero-order chi connectivity index (χ0) is 9.78. The summed E-state index contributed by atoms with van der Waals surface area (Å²) in [6, 6.07) is 0. The van der Waals surface area contributed by atoms with Gasteiger partial charge >= 0.3 is 0 Å². The van der Waals surface area contributed by atoms with Crippen LogP contribution in [-0.2, 0) is 9.59 Å². The molecule has 0 aromatic heterocycles. The van der Waals surface area contributed by atoms with Crippen LogP contribution in [0.2, 0.25) is 0 Å².